The molecule has 0 radical (unpaired) electrons. The molecule has 1 saturated heterocycles. The van der Waals surface area contributed by atoms with Crippen LogP contribution in [0, 0.1) is 6.92 Å². The van der Waals surface area contributed by atoms with Gasteiger partial charge in [-0.05, 0) is 37.5 Å². The molecule has 0 atom stereocenters. The van der Waals surface area contributed by atoms with Crippen molar-refractivity contribution in [2.45, 2.75) is 24.7 Å². The first-order valence-electron chi connectivity index (χ1n) is 8.84. The predicted octanol–water partition coefficient (Wildman–Crippen LogP) is 2.41. The number of likely N-dealkylation sites (tertiary alicyclic amines) is 1. The largest absolute Gasteiger partial charge is 0.411 e. The number of hydrogen-bond acceptors (Lipinski definition) is 6. The van der Waals surface area contributed by atoms with Gasteiger partial charge in [-0.25, -0.2) is 8.42 Å². The summed E-state index contributed by atoms with van der Waals surface area (Å²) < 4.78 is 33.3. The van der Waals surface area contributed by atoms with Gasteiger partial charge in [0.2, 0.25) is 0 Å². The van der Waals surface area contributed by atoms with Crippen molar-refractivity contribution in [2.24, 2.45) is 0 Å². The molecule has 1 aliphatic rings. The molecule has 0 aliphatic carbocycles. The maximum absolute atomic E-state index is 12.6. The van der Waals surface area contributed by atoms with Crippen LogP contribution in [0.4, 0.5) is 5.69 Å². The maximum Gasteiger partial charge on any atom is 0.311 e. The highest BCUT2D eigenvalue weighted by molar-refractivity contribution is 7.92. The van der Waals surface area contributed by atoms with Crippen LogP contribution in [-0.4, -0.2) is 47.5 Å². The monoisotopic (exact) mass is 401 g/mol. The highest BCUT2D eigenvalue weighted by atomic mass is 32.2. The van der Waals surface area contributed by atoms with Crippen molar-refractivity contribution in [2.75, 3.05) is 17.8 Å². The summed E-state index contributed by atoms with van der Waals surface area (Å²) in [6.07, 6.45) is 3.25. The lowest BCUT2D eigenvalue weighted by atomic mass is 10.2. The Morgan fingerprint density at radius 3 is 2.71 bits per heavy atom. The molecule has 1 aliphatic heterocycles. The number of aromatic amines is 1. The lowest BCUT2D eigenvalue weighted by Gasteiger charge is -2.11. The van der Waals surface area contributed by atoms with E-state index in [9.17, 15) is 13.2 Å². The number of benzene rings is 1. The Kier molecular flexibility index (Phi) is 4.63. The molecule has 2 aromatic heterocycles. The molecule has 0 saturated carbocycles. The van der Waals surface area contributed by atoms with Crippen LogP contribution in [-0.2, 0) is 10.0 Å². The summed E-state index contributed by atoms with van der Waals surface area (Å²) in [5, 5.41) is 7.66. The van der Waals surface area contributed by atoms with Crippen LogP contribution < -0.4 is 4.72 Å². The van der Waals surface area contributed by atoms with E-state index >= 15 is 0 Å². The second-order valence-corrected chi connectivity index (χ2v) is 8.26. The molecule has 3 heterocycles. The van der Waals surface area contributed by atoms with Crippen molar-refractivity contribution >= 4 is 21.6 Å². The number of carbonyl (C=O) groups excluding carboxylic acids is 1. The lowest BCUT2D eigenvalue weighted by Crippen LogP contribution is -2.27. The zero-order valence-corrected chi connectivity index (χ0v) is 16.0. The van der Waals surface area contributed by atoms with Crippen molar-refractivity contribution in [1.29, 1.82) is 0 Å². The number of anilines is 1. The third-order valence-corrected chi connectivity index (χ3v) is 5.93. The van der Waals surface area contributed by atoms with Crippen LogP contribution in [0.5, 0.6) is 0 Å². The Bertz CT molecular complexity index is 1110. The average molecular weight is 401 g/mol. The summed E-state index contributed by atoms with van der Waals surface area (Å²) in [5.41, 5.74) is 1.63. The number of amides is 1. The smallest absolute Gasteiger partial charge is 0.311 e. The van der Waals surface area contributed by atoms with Gasteiger partial charge in [0, 0.05) is 19.3 Å². The number of aryl methyl sites for hydroxylation is 1. The van der Waals surface area contributed by atoms with Crippen LogP contribution in [0.3, 0.4) is 0 Å². The van der Waals surface area contributed by atoms with Crippen molar-refractivity contribution in [1.82, 2.24) is 20.1 Å². The minimum absolute atomic E-state index is 0.0244. The predicted molar refractivity (Wildman–Crippen MR) is 101 cm³/mol. The standard InChI is InChI=1S/C18H19N5O4S/c1-12-6-2-3-7-14(12)22-28(25,26)13-10-15(19-11-13)16-20-21-17(27-16)18(24)23-8-4-5-9-23/h2-3,6-7,10-11,19,22H,4-5,8-9H2,1H3. The normalized spacial score (nSPS) is 14.4. The third-order valence-electron chi connectivity index (χ3n) is 4.59. The quantitative estimate of drug-likeness (QED) is 0.677. The number of nitrogens with one attached hydrogen (secondary N) is 2. The fourth-order valence-corrected chi connectivity index (χ4v) is 4.14. The molecule has 2 N–H and O–H groups in total. The molecule has 0 unspecified atom stereocenters. The molecule has 3 aromatic rings. The molecule has 1 amide bonds. The first kappa shape index (κ1) is 18.2. The van der Waals surface area contributed by atoms with E-state index in [0.717, 1.165) is 18.4 Å². The van der Waals surface area contributed by atoms with E-state index in [0.29, 0.717) is 24.5 Å². The van der Waals surface area contributed by atoms with E-state index in [1.165, 1.54) is 12.3 Å². The molecule has 146 valence electrons. The van der Waals surface area contributed by atoms with Crippen LogP contribution in [0.15, 0.2) is 45.8 Å². The number of H-pyrrole nitrogens is 1. The average Bonchev–Trinajstić information content (AvgIpc) is 3.42. The number of para-hydroxylation sites is 1. The molecule has 1 fully saturated rings. The summed E-state index contributed by atoms with van der Waals surface area (Å²) in [6.45, 7) is 3.16. The Balaban J connectivity index is 1.54. The van der Waals surface area contributed by atoms with Gasteiger partial charge in [-0.1, -0.05) is 18.2 Å². The van der Waals surface area contributed by atoms with Gasteiger partial charge in [-0.3, -0.25) is 9.52 Å². The summed E-state index contributed by atoms with van der Waals surface area (Å²) in [7, 11) is -3.79. The number of hydrogen-bond donors (Lipinski definition) is 2. The second-order valence-electron chi connectivity index (χ2n) is 6.58. The summed E-state index contributed by atoms with van der Waals surface area (Å²) >= 11 is 0. The summed E-state index contributed by atoms with van der Waals surface area (Å²) in [4.78, 5) is 16.8. The van der Waals surface area contributed by atoms with Crippen molar-refractivity contribution < 1.29 is 17.6 Å². The Morgan fingerprint density at radius 1 is 1.21 bits per heavy atom. The van der Waals surface area contributed by atoms with Gasteiger partial charge in [0.25, 0.3) is 15.9 Å². The van der Waals surface area contributed by atoms with Gasteiger partial charge < -0.3 is 14.3 Å². The van der Waals surface area contributed by atoms with Crippen molar-refractivity contribution in [3.8, 4) is 11.6 Å². The Labute approximate surface area is 161 Å². The van der Waals surface area contributed by atoms with E-state index < -0.39 is 10.0 Å². The highest BCUT2D eigenvalue weighted by Crippen LogP contribution is 2.24. The number of rotatable bonds is 5. The van der Waals surface area contributed by atoms with Crippen molar-refractivity contribution in [3.05, 3.63) is 48.0 Å². The molecule has 28 heavy (non-hydrogen) atoms. The minimum Gasteiger partial charge on any atom is -0.411 e. The maximum atomic E-state index is 12.6. The number of nitrogens with zero attached hydrogens (tertiary/aromatic N) is 3. The molecular formula is C18H19N5O4S. The molecular weight excluding hydrogens is 382 g/mol. The SMILES string of the molecule is Cc1ccccc1NS(=O)(=O)c1c[nH]c(-c2nnc(C(=O)N3CCCC3)o2)c1. The molecule has 0 bridgehead atoms. The topological polar surface area (TPSA) is 121 Å². The first-order valence-corrected chi connectivity index (χ1v) is 10.3. The van der Waals surface area contributed by atoms with Crippen LogP contribution in [0.2, 0.25) is 0 Å². The molecule has 10 heteroatoms. The van der Waals surface area contributed by atoms with Gasteiger partial charge in [0.15, 0.2) is 0 Å². The number of carbonyl (C=O) groups is 1. The fraction of sp³-hybridized carbons (Fsp3) is 0.278. The van der Waals surface area contributed by atoms with Gasteiger partial charge >= 0.3 is 11.8 Å². The molecule has 1 aromatic carbocycles. The van der Waals surface area contributed by atoms with Gasteiger partial charge in [0.1, 0.15) is 10.6 Å². The Hall–Kier alpha value is -3.14. The third kappa shape index (κ3) is 3.50. The summed E-state index contributed by atoms with van der Waals surface area (Å²) in [5.74, 6) is -0.356. The van der Waals surface area contributed by atoms with Crippen LogP contribution in [0.25, 0.3) is 11.6 Å². The van der Waals surface area contributed by atoms with Crippen LogP contribution >= 0.6 is 0 Å². The van der Waals surface area contributed by atoms with E-state index in [-0.39, 0.29) is 22.6 Å². The van der Waals surface area contributed by atoms with E-state index in [1.807, 2.05) is 19.1 Å². The van der Waals surface area contributed by atoms with Gasteiger partial charge in [0.05, 0.1) is 5.69 Å². The number of sulfonamides is 1. The zero-order valence-electron chi connectivity index (χ0n) is 15.2. The molecule has 9 nitrogen and oxygen atoms in total. The molecule has 4 rings (SSSR count). The first-order chi connectivity index (χ1) is 13.4. The van der Waals surface area contributed by atoms with E-state index in [2.05, 4.69) is 19.9 Å². The zero-order chi connectivity index (χ0) is 19.7. The molecule has 0 spiro atoms. The minimum atomic E-state index is -3.79. The van der Waals surface area contributed by atoms with Crippen molar-refractivity contribution in [3.63, 3.8) is 0 Å². The highest BCUT2D eigenvalue weighted by Gasteiger charge is 2.26. The van der Waals surface area contributed by atoms with E-state index in [1.54, 1.807) is 17.0 Å². The van der Waals surface area contributed by atoms with Gasteiger partial charge in [-0.15, -0.1) is 10.2 Å². The fourth-order valence-electron chi connectivity index (χ4n) is 3.02. The Morgan fingerprint density at radius 2 is 1.96 bits per heavy atom. The van der Waals surface area contributed by atoms with Gasteiger partial charge in [-0.2, -0.15) is 0 Å². The lowest BCUT2D eigenvalue weighted by molar-refractivity contribution is 0.0754. The number of aromatic nitrogens is 3. The van der Waals surface area contributed by atoms with Crippen LogP contribution in [0.1, 0.15) is 29.1 Å². The second kappa shape index (κ2) is 7.12. The van der Waals surface area contributed by atoms with E-state index in [4.69, 9.17) is 4.42 Å². The summed E-state index contributed by atoms with van der Waals surface area (Å²) in [6, 6.07) is 8.48.